The zero-order chi connectivity index (χ0) is 20.9. The molecule has 30 heavy (non-hydrogen) atoms. The number of piperazine rings is 1. The van der Waals surface area contributed by atoms with E-state index in [4.69, 9.17) is 4.74 Å². The number of halogens is 2. The van der Waals surface area contributed by atoms with Crippen LogP contribution in [0.5, 0.6) is 5.75 Å². The average molecular weight is 474 g/mol. The molecule has 0 bridgehead atoms. The van der Waals surface area contributed by atoms with Crippen molar-refractivity contribution in [3.05, 3.63) is 70.7 Å². The van der Waals surface area contributed by atoms with Crippen LogP contribution in [0.25, 0.3) is 5.69 Å². The third-order valence-electron chi connectivity index (χ3n) is 4.90. The summed E-state index contributed by atoms with van der Waals surface area (Å²) in [6.07, 6.45) is 1.45. The summed E-state index contributed by atoms with van der Waals surface area (Å²) in [5.74, 6) is 0.359. The van der Waals surface area contributed by atoms with Crippen molar-refractivity contribution in [3.63, 3.8) is 0 Å². The molecular formula is C21H21BrFN5O2. The van der Waals surface area contributed by atoms with Gasteiger partial charge in [-0.15, -0.1) is 5.10 Å². The Balaban J connectivity index is 1.26. The quantitative estimate of drug-likeness (QED) is 0.550. The van der Waals surface area contributed by atoms with Crippen molar-refractivity contribution >= 4 is 21.8 Å². The number of nitrogens with zero attached hydrogens (tertiary/aromatic N) is 5. The van der Waals surface area contributed by atoms with E-state index in [1.165, 1.54) is 23.1 Å². The first kappa shape index (κ1) is 20.5. The molecule has 0 spiro atoms. The van der Waals surface area contributed by atoms with E-state index in [1.807, 2.05) is 24.3 Å². The third-order valence-corrected chi connectivity index (χ3v) is 5.39. The van der Waals surface area contributed by atoms with Crippen LogP contribution in [0.15, 0.2) is 59.2 Å². The molecule has 2 aromatic carbocycles. The number of carbonyl (C=O) groups is 1. The molecule has 9 heteroatoms. The first-order valence-electron chi connectivity index (χ1n) is 9.67. The lowest BCUT2D eigenvalue weighted by Gasteiger charge is -2.34. The van der Waals surface area contributed by atoms with Gasteiger partial charge in [-0.05, 0) is 42.5 Å². The highest BCUT2D eigenvalue weighted by atomic mass is 79.9. The molecule has 1 fully saturated rings. The number of benzene rings is 2. The Morgan fingerprint density at radius 1 is 1.10 bits per heavy atom. The maximum atomic E-state index is 13.1. The maximum absolute atomic E-state index is 13.1. The first-order valence-corrected chi connectivity index (χ1v) is 10.5. The molecule has 0 unspecified atom stereocenters. The van der Waals surface area contributed by atoms with Crippen molar-refractivity contribution in [3.8, 4) is 11.4 Å². The lowest BCUT2D eigenvalue weighted by molar-refractivity contribution is 0.0614. The summed E-state index contributed by atoms with van der Waals surface area (Å²) in [4.78, 5) is 18.1. The number of hydrogen-bond donors (Lipinski definition) is 0. The Kier molecular flexibility index (Phi) is 6.39. The second kappa shape index (κ2) is 9.36. The number of hydrogen-bond acceptors (Lipinski definition) is 5. The average Bonchev–Trinajstić information content (AvgIpc) is 3.25. The molecule has 1 amide bonds. The van der Waals surface area contributed by atoms with Gasteiger partial charge in [-0.3, -0.25) is 9.69 Å². The van der Waals surface area contributed by atoms with Gasteiger partial charge in [-0.1, -0.05) is 22.0 Å². The highest BCUT2D eigenvalue weighted by molar-refractivity contribution is 9.10. The number of carbonyl (C=O) groups excluding carboxylic acids is 1. The molecule has 3 aromatic rings. The summed E-state index contributed by atoms with van der Waals surface area (Å²) in [5, 5.41) is 8.38. The van der Waals surface area contributed by atoms with Gasteiger partial charge in [0.2, 0.25) is 0 Å². The minimum absolute atomic E-state index is 0.145. The molecule has 0 N–H and O–H groups in total. The van der Waals surface area contributed by atoms with Crippen molar-refractivity contribution in [2.75, 3.05) is 39.3 Å². The zero-order valence-corrected chi connectivity index (χ0v) is 17.8. The summed E-state index contributed by atoms with van der Waals surface area (Å²) in [6.45, 7) is 4.20. The second-order valence-electron chi connectivity index (χ2n) is 6.94. The predicted octanol–water partition coefficient (Wildman–Crippen LogP) is 3.01. The van der Waals surface area contributed by atoms with E-state index in [-0.39, 0.29) is 17.4 Å². The van der Waals surface area contributed by atoms with Crippen LogP contribution in [0.1, 0.15) is 10.5 Å². The van der Waals surface area contributed by atoms with Crippen molar-refractivity contribution < 1.29 is 13.9 Å². The van der Waals surface area contributed by atoms with Crippen LogP contribution in [0.4, 0.5) is 4.39 Å². The van der Waals surface area contributed by atoms with Crippen molar-refractivity contribution in [1.29, 1.82) is 0 Å². The van der Waals surface area contributed by atoms with Gasteiger partial charge in [0, 0.05) is 37.2 Å². The van der Waals surface area contributed by atoms with Crippen LogP contribution in [0.2, 0.25) is 0 Å². The Morgan fingerprint density at radius 3 is 2.60 bits per heavy atom. The largest absolute Gasteiger partial charge is 0.492 e. The number of amides is 1. The molecule has 2 heterocycles. The molecule has 0 aliphatic carbocycles. The van der Waals surface area contributed by atoms with Crippen LogP contribution >= 0.6 is 15.9 Å². The molecule has 0 saturated carbocycles. The van der Waals surface area contributed by atoms with Gasteiger partial charge in [0.05, 0.1) is 11.9 Å². The molecule has 1 aliphatic heterocycles. The SMILES string of the molecule is O=C(c1cnn(-c2ccc(F)cc2)n1)N1CCN(CCOc2cccc(Br)c2)CC1. The molecular weight excluding hydrogens is 453 g/mol. The monoisotopic (exact) mass is 473 g/mol. The van der Waals surface area contributed by atoms with Crippen molar-refractivity contribution in [1.82, 2.24) is 24.8 Å². The highest BCUT2D eigenvalue weighted by Gasteiger charge is 2.24. The van der Waals surface area contributed by atoms with Gasteiger partial charge in [0.25, 0.3) is 5.91 Å². The smallest absolute Gasteiger partial charge is 0.276 e. The molecule has 156 valence electrons. The Bertz CT molecular complexity index is 1000. The number of ether oxygens (including phenoxy) is 1. The van der Waals surface area contributed by atoms with E-state index < -0.39 is 0 Å². The minimum Gasteiger partial charge on any atom is -0.492 e. The summed E-state index contributed by atoms with van der Waals surface area (Å²) in [5.41, 5.74) is 0.886. The van der Waals surface area contributed by atoms with Crippen molar-refractivity contribution in [2.45, 2.75) is 0 Å². The maximum Gasteiger partial charge on any atom is 0.276 e. The molecule has 1 saturated heterocycles. The number of rotatable bonds is 6. The van der Waals surface area contributed by atoms with Gasteiger partial charge in [0.1, 0.15) is 18.2 Å². The van der Waals surface area contributed by atoms with E-state index in [1.54, 1.807) is 17.0 Å². The standard InChI is InChI=1S/C21H21BrFN5O2/c22-16-2-1-3-19(14-16)30-13-12-26-8-10-27(11-9-26)21(29)20-15-24-28(25-20)18-6-4-17(23)5-7-18/h1-7,14-15H,8-13H2. The summed E-state index contributed by atoms with van der Waals surface area (Å²) in [6, 6.07) is 13.6. The normalized spacial score (nSPS) is 14.7. The van der Waals surface area contributed by atoms with E-state index >= 15 is 0 Å². The Hall–Kier alpha value is -2.78. The minimum atomic E-state index is -0.331. The van der Waals surface area contributed by atoms with E-state index in [2.05, 4.69) is 31.0 Å². The van der Waals surface area contributed by atoms with Crippen LogP contribution in [-0.2, 0) is 0 Å². The van der Waals surface area contributed by atoms with Gasteiger partial charge in [-0.25, -0.2) is 4.39 Å². The van der Waals surface area contributed by atoms with E-state index in [0.717, 1.165) is 29.9 Å². The van der Waals surface area contributed by atoms with Gasteiger partial charge in [-0.2, -0.15) is 9.90 Å². The van der Waals surface area contributed by atoms with E-state index in [9.17, 15) is 9.18 Å². The molecule has 0 radical (unpaired) electrons. The lowest BCUT2D eigenvalue weighted by Crippen LogP contribution is -2.49. The van der Waals surface area contributed by atoms with Crippen molar-refractivity contribution in [2.24, 2.45) is 0 Å². The van der Waals surface area contributed by atoms with Crippen LogP contribution in [-0.4, -0.2) is 70.0 Å². The fourth-order valence-electron chi connectivity index (χ4n) is 3.25. The topological polar surface area (TPSA) is 63.5 Å². The molecule has 1 aromatic heterocycles. The fraction of sp³-hybridized carbons (Fsp3) is 0.286. The number of aromatic nitrogens is 3. The van der Waals surface area contributed by atoms with Gasteiger partial charge in [0.15, 0.2) is 5.69 Å². The third kappa shape index (κ3) is 5.03. The summed E-state index contributed by atoms with van der Waals surface area (Å²) in [7, 11) is 0. The van der Waals surface area contributed by atoms with Crippen LogP contribution < -0.4 is 4.74 Å². The zero-order valence-electron chi connectivity index (χ0n) is 16.2. The summed E-state index contributed by atoms with van der Waals surface area (Å²) < 4.78 is 19.8. The van der Waals surface area contributed by atoms with Gasteiger partial charge >= 0.3 is 0 Å². The molecule has 7 nitrogen and oxygen atoms in total. The molecule has 0 atom stereocenters. The summed E-state index contributed by atoms with van der Waals surface area (Å²) >= 11 is 3.43. The Morgan fingerprint density at radius 2 is 1.87 bits per heavy atom. The first-order chi connectivity index (χ1) is 14.6. The van der Waals surface area contributed by atoms with Gasteiger partial charge < -0.3 is 9.64 Å². The predicted molar refractivity (Wildman–Crippen MR) is 113 cm³/mol. The van der Waals surface area contributed by atoms with Crippen LogP contribution in [0.3, 0.4) is 0 Å². The van der Waals surface area contributed by atoms with E-state index in [0.29, 0.717) is 25.4 Å². The van der Waals surface area contributed by atoms with Crippen LogP contribution in [0, 0.1) is 5.82 Å². The fourth-order valence-corrected chi connectivity index (χ4v) is 3.62. The highest BCUT2D eigenvalue weighted by Crippen LogP contribution is 2.17. The molecule has 4 rings (SSSR count). The second-order valence-corrected chi connectivity index (χ2v) is 7.85. The molecule has 1 aliphatic rings. The lowest BCUT2D eigenvalue weighted by atomic mass is 10.3. The Labute approximate surface area is 182 Å².